The van der Waals surface area contributed by atoms with E-state index in [1.165, 1.54) is 4.90 Å². The molecule has 1 aromatic carbocycles. The first-order valence-corrected chi connectivity index (χ1v) is 6.18. The van der Waals surface area contributed by atoms with Crippen LogP contribution in [0.15, 0.2) is 30.3 Å². The maximum Gasteiger partial charge on any atom is 0.244 e. The summed E-state index contributed by atoms with van der Waals surface area (Å²) in [4.78, 5) is 24.9. The third kappa shape index (κ3) is 4.83. The third-order valence-electron chi connectivity index (χ3n) is 2.97. The first-order valence-electron chi connectivity index (χ1n) is 6.18. The molecule has 5 nitrogen and oxygen atoms in total. The van der Waals surface area contributed by atoms with Crippen molar-refractivity contribution in [2.75, 3.05) is 20.6 Å². The zero-order chi connectivity index (χ0) is 14.5. The van der Waals surface area contributed by atoms with Crippen molar-refractivity contribution in [3.63, 3.8) is 0 Å². The van der Waals surface area contributed by atoms with Crippen molar-refractivity contribution in [1.29, 1.82) is 0 Å². The summed E-state index contributed by atoms with van der Waals surface area (Å²) in [5.41, 5.74) is 5.70. The summed E-state index contributed by atoms with van der Waals surface area (Å²) >= 11 is 0. The van der Waals surface area contributed by atoms with E-state index in [0.717, 1.165) is 5.56 Å². The zero-order valence-electron chi connectivity index (χ0n) is 12.1. The highest BCUT2D eigenvalue weighted by Gasteiger charge is 2.29. The number of hydrogen-bond acceptors (Lipinski definition) is 3. The SMILES string of the molecule is CN(C)C(=O)CCNC(=O)C(C)(N)c1ccccc1.Cl. The number of amides is 2. The van der Waals surface area contributed by atoms with Crippen LogP contribution >= 0.6 is 12.4 Å². The van der Waals surface area contributed by atoms with E-state index in [1.807, 2.05) is 30.3 Å². The number of rotatable bonds is 5. The van der Waals surface area contributed by atoms with Crippen LogP contribution in [-0.2, 0) is 15.1 Å². The number of benzene rings is 1. The highest BCUT2D eigenvalue weighted by molar-refractivity contribution is 5.87. The second-order valence-electron chi connectivity index (χ2n) is 4.86. The van der Waals surface area contributed by atoms with Gasteiger partial charge in [0, 0.05) is 27.1 Å². The maximum atomic E-state index is 12.1. The van der Waals surface area contributed by atoms with Gasteiger partial charge in [0.05, 0.1) is 0 Å². The van der Waals surface area contributed by atoms with Crippen LogP contribution in [0.4, 0.5) is 0 Å². The van der Waals surface area contributed by atoms with E-state index in [2.05, 4.69) is 5.32 Å². The average molecular weight is 300 g/mol. The van der Waals surface area contributed by atoms with E-state index in [-0.39, 0.29) is 37.2 Å². The van der Waals surface area contributed by atoms with Crippen molar-refractivity contribution in [2.45, 2.75) is 18.9 Å². The number of hydrogen-bond donors (Lipinski definition) is 2. The molecule has 0 saturated carbocycles. The Kier molecular flexibility index (Phi) is 7.24. The van der Waals surface area contributed by atoms with Gasteiger partial charge in [-0.25, -0.2) is 0 Å². The van der Waals surface area contributed by atoms with Crippen molar-refractivity contribution in [3.8, 4) is 0 Å². The lowest BCUT2D eigenvalue weighted by atomic mass is 9.92. The molecule has 1 unspecified atom stereocenters. The Morgan fingerprint density at radius 3 is 2.30 bits per heavy atom. The molecule has 1 rings (SSSR count). The fourth-order valence-electron chi connectivity index (χ4n) is 1.61. The summed E-state index contributed by atoms with van der Waals surface area (Å²) in [7, 11) is 3.36. The summed E-state index contributed by atoms with van der Waals surface area (Å²) in [6.45, 7) is 1.95. The molecule has 112 valence electrons. The Balaban J connectivity index is 0.00000361. The van der Waals surface area contributed by atoms with Crippen LogP contribution in [-0.4, -0.2) is 37.4 Å². The van der Waals surface area contributed by atoms with Crippen LogP contribution in [0.5, 0.6) is 0 Å². The van der Waals surface area contributed by atoms with Gasteiger partial charge in [-0.2, -0.15) is 0 Å². The van der Waals surface area contributed by atoms with Crippen LogP contribution < -0.4 is 11.1 Å². The molecule has 20 heavy (non-hydrogen) atoms. The highest BCUT2D eigenvalue weighted by atomic mass is 35.5. The van der Waals surface area contributed by atoms with Crippen LogP contribution in [0.2, 0.25) is 0 Å². The van der Waals surface area contributed by atoms with E-state index >= 15 is 0 Å². The largest absolute Gasteiger partial charge is 0.354 e. The van der Waals surface area contributed by atoms with Gasteiger partial charge < -0.3 is 16.0 Å². The van der Waals surface area contributed by atoms with E-state index in [4.69, 9.17) is 5.73 Å². The molecule has 0 aromatic heterocycles. The molecule has 0 bridgehead atoms. The summed E-state index contributed by atoms with van der Waals surface area (Å²) in [5.74, 6) is -0.316. The molecule has 2 amide bonds. The predicted octanol–water partition coefficient (Wildman–Crippen LogP) is 0.877. The highest BCUT2D eigenvalue weighted by Crippen LogP contribution is 2.17. The molecule has 0 spiro atoms. The van der Waals surface area contributed by atoms with Crippen molar-refractivity contribution >= 4 is 24.2 Å². The zero-order valence-corrected chi connectivity index (χ0v) is 12.9. The lowest BCUT2D eigenvalue weighted by molar-refractivity contribution is -0.129. The van der Waals surface area contributed by atoms with Gasteiger partial charge in [-0.15, -0.1) is 12.4 Å². The predicted molar refractivity (Wildman–Crippen MR) is 81.6 cm³/mol. The number of nitrogens with two attached hydrogens (primary N) is 1. The molecule has 6 heteroatoms. The minimum absolute atomic E-state index is 0. The van der Waals surface area contributed by atoms with Gasteiger partial charge in [0.2, 0.25) is 11.8 Å². The van der Waals surface area contributed by atoms with Gasteiger partial charge in [-0.1, -0.05) is 30.3 Å². The van der Waals surface area contributed by atoms with E-state index < -0.39 is 5.54 Å². The number of nitrogens with one attached hydrogen (secondary N) is 1. The van der Waals surface area contributed by atoms with E-state index in [0.29, 0.717) is 0 Å². The number of carbonyl (C=O) groups is 2. The van der Waals surface area contributed by atoms with E-state index in [1.54, 1.807) is 21.0 Å². The minimum Gasteiger partial charge on any atom is -0.354 e. The van der Waals surface area contributed by atoms with Crippen LogP contribution in [0.25, 0.3) is 0 Å². The van der Waals surface area contributed by atoms with Crippen LogP contribution in [0.1, 0.15) is 18.9 Å². The van der Waals surface area contributed by atoms with Gasteiger partial charge in [-0.3, -0.25) is 9.59 Å². The minimum atomic E-state index is -1.09. The Hall–Kier alpha value is -1.59. The first kappa shape index (κ1) is 18.4. The third-order valence-corrected chi connectivity index (χ3v) is 2.97. The van der Waals surface area contributed by atoms with Gasteiger partial charge in [0.1, 0.15) is 5.54 Å². The van der Waals surface area contributed by atoms with Crippen LogP contribution in [0.3, 0.4) is 0 Å². The van der Waals surface area contributed by atoms with Gasteiger partial charge in [-0.05, 0) is 12.5 Å². The Morgan fingerprint density at radius 1 is 1.25 bits per heavy atom. The van der Waals surface area contributed by atoms with Gasteiger partial charge >= 0.3 is 0 Å². The molecule has 0 heterocycles. The molecular weight excluding hydrogens is 278 g/mol. The van der Waals surface area contributed by atoms with Crippen molar-refractivity contribution in [3.05, 3.63) is 35.9 Å². The second-order valence-corrected chi connectivity index (χ2v) is 4.86. The summed E-state index contributed by atoms with van der Waals surface area (Å²) in [5, 5.41) is 2.70. The van der Waals surface area contributed by atoms with Crippen molar-refractivity contribution in [2.24, 2.45) is 5.73 Å². The smallest absolute Gasteiger partial charge is 0.244 e. The van der Waals surface area contributed by atoms with Crippen molar-refractivity contribution in [1.82, 2.24) is 10.2 Å². The first-order chi connectivity index (χ1) is 8.85. The summed E-state index contributed by atoms with van der Waals surface area (Å²) in [6.07, 6.45) is 0.267. The van der Waals surface area contributed by atoms with Gasteiger partial charge in [0.25, 0.3) is 0 Å². The second kappa shape index (κ2) is 7.87. The maximum absolute atomic E-state index is 12.1. The fraction of sp³-hybridized carbons (Fsp3) is 0.429. The van der Waals surface area contributed by atoms with Crippen LogP contribution in [0, 0.1) is 0 Å². The fourth-order valence-corrected chi connectivity index (χ4v) is 1.61. The molecule has 0 aliphatic rings. The van der Waals surface area contributed by atoms with Crippen molar-refractivity contribution < 1.29 is 9.59 Å². The topological polar surface area (TPSA) is 75.4 Å². The Morgan fingerprint density at radius 2 is 1.80 bits per heavy atom. The lowest BCUT2D eigenvalue weighted by Gasteiger charge is -2.24. The normalized spacial score (nSPS) is 12.8. The summed E-state index contributed by atoms with van der Waals surface area (Å²) in [6, 6.07) is 9.16. The standard InChI is InChI=1S/C14H21N3O2.ClH/c1-14(15,11-7-5-4-6-8-11)13(19)16-10-9-12(18)17(2)3;/h4-8H,9-10,15H2,1-3H3,(H,16,19);1H. The quantitative estimate of drug-likeness (QED) is 0.847. The number of halogens is 1. The number of carbonyl (C=O) groups excluding carboxylic acids is 2. The molecule has 1 aromatic rings. The molecule has 0 aliphatic heterocycles. The lowest BCUT2D eigenvalue weighted by Crippen LogP contribution is -2.49. The molecule has 3 N–H and O–H groups in total. The Labute approximate surface area is 125 Å². The molecular formula is C14H22ClN3O2. The van der Waals surface area contributed by atoms with E-state index in [9.17, 15) is 9.59 Å². The molecule has 0 radical (unpaired) electrons. The number of nitrogens with zero attached hydrogens (tertiary/aromatic N) is 1. The molecule has 1 atom stereocenters. The summed E-state index contributed by atoms with van der Waals surface area (Å²) < 4.78 is 0. The molecule has 0 aliphatic carbocycles. The average Bonchev–Trinajstić information content (AvgIpc) is 2.39. The van der Waals surface area contributed by atoms with Gasteiger partial charge in [0.15, 0.2) is 0 Å². The molecule has 0 saturated heterocycles. The molecule has 0 fully saturated rings. The Bertz CT molecular complexity index is 447. The monoisotopic (exact) mass is 299 g/mol.